The van der Waals surface area contributed by atoms with Crippen LogP contribution in [0.25, 0.3) is 0 Å². The van der Waals surface area contributed by atoms with Crippen LogP contribution in [0, 0.1) is 10.1 Å². The number of hydrogen-bond donors (Lipinski definition) is 1. The first kappa shape index (κ1) is 13.6. The van der Waals surface area contributed by atoms with Crippen molar-refractivity contribution in [3.63, 3.8) is 0 Å². The fourth-order valence-corrected chi connectivity index (χ4v) is 1.25. The molecule has 0 aromatic carbocycles. The highest BCUT2D eigenvalue weighted by Crippen LogP contribution is 2.22. The van der Waals surface area contributed by atoms with E-state index in [1.165, 1.54) is 24.4 Å². The second kappa shape index (κ2) is 6.33. The molecule has 0 spiro atoms. The second-order valence-electron chi connectivity index (χ2n) is 3.28. The van der Waals surface area contributed by atoms with Crippen molar-refractivity contribution < 1.29 is 19.6 Å². The Labute approximate surface area is 103 Å². The average molecular weight is 252 g/mol. The molecular weight excluding hydrogens is 240 g/mol. The summed E-state index contributed by atoms with van der Waals surface area (Å²) in [4.78, 5) is 24.3. The van der Waals surface area contributed by atoms with Gasteiger partial charge in [-0.1, -0.05) is 6.92 Å². The minimum atomic E-state index is -1.03. The van der Waals surface area contributed by atoms with Gasteiger partial charge in [0.05, 0.1) is 0 Å². The molecule has 0 radical (unpaired) electrons. The van der Waals surface area contributed by atoms with E-state index in [9.17, 15) is 14.9 Å². The summed E-state index contributed by atoms with van der Waals surface area (Å²) in [5.74, 6) is -1.40. The van der Waals surface area contributed by atoms with Gasteiger partial charge in [-0.05, 0) is 34.5 Å². The van der Waals surface area contributed by atoms with Crippen LogP contribution < -0.4 is 4.74 Å². The number of rotatable bonds is 6. The van der Waals surface area contributed by atoms with E-state index >= 15 is 0 Å². The first-order chi connectivity index (χ1) is 8.56. The zero-order chi connectivity index (χ0) is 13.5. The number of hydrogen-bond acceptors (Lipinski definition) is 5. The van der Waals surface area contributed by atoms with E-state index < -0.39 is 10.9 Å². The minimum Gasteiger partial charge on any atom is -0.481 e. The standard InChI is InChI=1S/C11H12N2O5/c1-2-8(11(14)15)5-7-18-9-4-3-6-12-10(9)13(16)17/h3-6H,2,7H2,1H3,(H,14,15). The summed E-state index contributed by atoms with van der Waals surface area (Å²) in [6, 6.07) is 2.91. The fourth-order valence-electron chi connectivity index (χ4n) is 1.25. The number of pyridine rings is 1. The molecule has 1 heterocycles. The molecule has 0 bridgehead atoms. The largest absolute Gasteiger partial charge is 0.481 e. The number of carboxylic acid groups (broad SMARTS) is 1. The number of carboxylic acids is 1. The molecule has 0 saturated heterocycles. The molecule has 1 rings (SSSR count). The van der Waals surface area contributed by atoms with E-state index in [4.69, 9.17) is 9.84 Å². The molecule has 0 saturated carbocycles. The predicted octanol–water partition coefficient (Wildman–Crippen LogP) is 1.79. The number of aliphatic carboxylic acids is 1. The van der Waals surface area contributed by atoms with Crippen molar-refractivity contribution in [2.45, 2.75) is 13.3 Å². The summed E-state index contributed by atoms with van der Waals surface area (Å²) in [6.07, 6.45) is 3.02. The maximum Gasteiger partial charge on any atom is 0.406 e. The second-order valence-corrected chi connectivity index (χ2v) is 3.28. The summed E-state index contributed by atoms with van der Waals surface area (Å²) < 4.78 is 5.14. The van der Waals surface area contributed by atoms with Gasteiger partial charge in [-0.15, -0.1) is 0 Å². The molecule has 0 aliphatic rings. The third-order valence-electron chi connectivity index (χ3n) is 2.15. The molecule has 0 atom stereocenters. The van der Waals surface area contributed by atoms with Gasteiger partial charge in [0, 0.05) is 5.57 Å². The zero-order valence-electron chi connectivity index (χ0n) is 9.70. The molecule has 18 heavy (non-hydrogen) atoms. The van der Waals surface area contributed by atoms with E-state index in [0.29, 0.717) is 6.42 Å². The van der Waals surface area contributed by atoms with E-state index in [0.717, 1.165) is 0 Å². The Kier molecular flexibility index (Phi) is 4.79. The van der Waals surface area contributed by atoms with Gasteiger partial charge in [-0.2, -0.15) is 0 Å². The van der Waals surface area contributed by atoms with Gasteiger partial charge in [0.15, 0.2) is 0 Å². The van der Waals surface area contributed by atoms with Crippen LogP contribution in [0.5, 0.6) is 5.75 Å². The molecule has 1 aromatic heterocycles. The summed E-state index contributed by atoms with van der Waals surface area (Å²) in [5, 5.41) is 19.4. The lowest BCUT2D eigenvalue weighted by molar-refractivity contribution is -0.390. The molecule has 96 valence electrons. The van der Waals surface area contributed by atoms with E-state index in [-0.39, 0.29) is 23.7 Å². The van der Waals surface area contributed by atoms with Gasteiger partial charge >= 0.3 is 11.8 Å². The SMILES string of the molecule is CCC(=CCOc1cccnc1[N+](=O)[O-])C(=O)O. The summed E-state index contributed by atoms with van der Waals surface area (Å²) in [6.45, 7) is 1.65. The van der Waals surface area contributed by atoms with Crippen LogP contribution in [-0.2, 0) is 4.79 Å². The lowest BCUT2D eigenvalue weighted by Gasteiger charge is -2.04. The number of carbonyl (C=O) groups is 1. The highest BCUT2D eigenvalue weighted by molar-refractivity contribution is 5.86. The zero-order valence-corrected chi connectivity index (χ0v) is 9.70. The molecule has 0 fully saturated rings. The van der Waals surface area contributed by atoms with E-state index in [1.807, 2.05) is 0 Å². The number of nitro groups is 1. The molecule has 0 aliphatic heterocycles. The Bertz CT molecular complexity index is 484. The number of ether oxygens (including phenoxy) is 1. The van der Waals surface area contributed by atoms with Crippen LogP contribution >= 0.6 is 0 Å². The smallest absolute Gasteiger partial charge is 0.406 e. The Morgan fingerprint density at radius 3 is 2.94 bits per heavy atom. The van der Waals surface area contributed by atoms with Crippen molar-refractivity contribution >= 4 is 11.8 Å². The third-order valence-corrected chi connectivity index (χ3v) is 2.15. The van der Waals surface area contributed by atoms with Crippen molar-refractivity contribution in [2.75, 3.05) is 6.61 Å². The normalized spacial score (nSPS) is 11.1. The van der Waals surface area contributed by atoms with Crippen LogP contribution in [0.4, 0.5) is 5.82 Å². The van der Waals surface area contributed by atoms with Crippen LogP contribution in [0.15, 0.2) is 30.0 Å². The van der Waals surface area contributed by atoms with Crippen molar-refractivity contribution in [1.82, 2.24) is 4.98 Å². The average Bonchev–Trinajstić information content (AvgIpc) is 2.34. The molecule has 7 nitrogen and oxygen atoms in total. The van der Waals surface area contributed by atoms with Crippen LogP contribution in [0.3, 0.4) is 0 Å². The quantitative estimate of drug-likeness (QED) is 0.470. The van der Waals surface area contributed by atoms with Gasteiger partial charge < -0.3 is 20.0 Å². The van der Waals surface area contributed by atoms with Crippen LogP contribution in [-0.4, -0.2) is 27.6 Å². The van der Waals surface area contributed by atoms with Crippen molar-refractivity contribution in [3.8, 4) is 5.75 Å². The fraction of sp³-hybridized carbons (Fsp3) is 0.273. The van der Waals surface area contributed by atoms with Crippen LogP contribution in [0.1, 0.15) is 13.3 Å². The maximum absolute atomic E-state index is 10.7. The highest BCUT2D eigenvalue weighted by Gasteiger charge is 2.15. The van der Waals surface area contributed by atoms with Crippen molar-refractivity contribution in [3.05, 3.63) is 40.1 Å². The molecule has 7 heteroatoms. The molecule has 1 aromatic rings. The van der Waals surface area contributed by atoms with Gasteiger partial charge in [0.25, 0.3) is 0 Å². The maximum atomic E-state index is 10.7. The summed E-state index contributed by atoms with van der Waals surface area (Å²) in [7, 11) is 0. The third kappa shape index (κ3) is 3.55. The van der Waals surface area contributed by atoms with E-state index in [1.54, 1.807) is 6.92 Å². The van der Waals surface area contributed by atoms with Gasteiger partial charge in [-0.25, -0.2) is 4.79 Å². The molecule has 0 unspecified atom stereocenters. The first-order valence-electron chi connectivity index (χ1n) is 5.20. The monoisotopic (exact) mass is 252 g/mol. The van der Waals surface area contributed by atoms with E-state index in [2.05, 4.69) is 4.98 Å². The summed E-state index contributed by atoms with van der Waals surface area (Å²) in [5.41, 5.74) is 0.196. The topological polar surface area (TPSA) is 103 Å². The highest BCUT2D eigenvalue weighted by atomic mass is 16.6. The molecule has 0 aliphatic carbocycles. The Morgan fingerprint density at radius 2 is 2.39 bits per heavy atom. The van der Waals surface area contributed by atoms with Gasteiger partial charge in [-0.3, -0.25) is 0 Å². The van der Waals surface area contributed by atoms with Crippen LogP contribution in [0.2, 0.25) is 0 Å². The van der Waals surface area contributed by atoms with Gasteiger partial charge in [0.1, 0.15) is 12.8 Å². The van der Waals surface area contributed by atoms with Gasteiger partial charge in [0.2, 0.25) is 5.75 Å². The first-order valence-corrected chi connectivity index (χ1v) is 5.20. The molecule has 1 N–H and O–H groups in total. The number of aromatic nitrogens is 1. The minimum absolute atomic E-state index is 0.0135. The lowest BCUT2D eigenvalue weighted by Crippen LogP contribution is -2.04. The Balaban J connectivity index is 2.75. The molecular formula is C11H12N2O5. The Hall–Kier alpha value is -2.44. The lowest BCUT2D eigenvalue weighted by atomic mass is 10.2. The molecule has 0 amide bonds. The number of nitrogens with zero attached hydrogens (tertiary/aromatic N) is 2. The predicted molar refractivity (Wildman–Crippen MR) is 62.4 cm³/mol. The van der Waals surface area contributed by atoms with Crippen molar-refractivity contribution in [2.24, 2.45) is 0 Å². The Morgan fingerprint density at radius 1 is 1.67 bits per heavy atom. The van der Waals surface area contributed by atoms with Crippen molar-refractivity contribution in [1.29, 1.82) is 0 Å². The summed E-state index contributed by atoms with van der Waals surface area (Å²) >= 11 is 0.